The fourth-order valence-corrected chi connectivity index (χ4v) is 3.73. The maximum Gasteiger partial charge on any atom is 0.226 e. The Morgan fingerprint density at radius 2 is 2.04 bits per heavy atom. The summed E-state index contributed by atoms with van der Waals surface area (Å²) < 4.78 is 5.75. The van der Waals surface area contributed by atoms with Gasteiger partial charge in [-0.3, -0.25) is 4.79 Å². The van der Waals surface area contributed by atoms with E-state index in [9.17, 15) is 4.79 Å². The van der Waals surface area contributed by atoms with Gasteiger partial charge in [0.05, 0.1) is 18.2 Å². The van der Waals surface area contributed by atoms with E-state index in [1.807, 2.05) is 67.8 Å². The number of thiazole rings is 1. The maximum absolute atomic E-state index is 12.4. The molecule has 0 saturated heterocycles. The summed E-state index contributed by atoms with van der Waals surface area (Å²) in [5.41, 5.74) is 2.96. The van der Waals surface area contributed by atoms with E-state index in [1.165, 1.54) is 16.9 Å². The second-order valence-corrected chi connectivity index (χ2v) is 7.97. The van der Waals surface area contributed by atoms with Crippen LogP contribution < -0.4 is 10.1 Å². The molecule has 0 fully saturated rings. The van der Waals surface area contributed by atoms with Crippen LogP contribution in [0.2, 0.25) is 5.02 Å². The van der Waals surface area contributed by atoms with E-state index in [2.05, 4.69) is 10.3 Å². The minimum Gasteiger partial charge on any atom is -0.486 e. The van der Waals surface area contributed by atoms with Crippen molar-refractivity contribution in [2.45, 2.75) is 39.3 Å². The quantitative estimate of drug-likeness (QED) is 0.530. The molecule has 1 atom stereocenters. The van der Waals surface area contributed by atoms with E-state index in [0.29, 0.717) is 11.6 Å². The summed E-state index contributed by atoms with van der Waals surface area (Å²) >= 11 is 7.57. The number of nitrogens with zero attached hydrogens (tertiary/aromatic N) is 1. The molecular weight excluding hydrogens is 392 g/mol. The number of rotatable bonds is 8. The summed E-state index contributed by atoms with van der Waals surface area (Å²) in [4.78, 5) is 17.0. The van der Waals surface area contributed by atoms with E-state index in [1.54, 1.807) is 0 Å². The zero-order chi connectivity index (χ0) is 19.9. The molecule has 3 aromatic rings. The van der Waals surface area contributed by atoms with Crippen LogP contribution in [0.15, 0.2) is 53.9 Å². The molecule has 3 rings (SSSR count). The molecule has 0 bridgehead atoms. The van der Waals surface area contributed by atoms with Crippen molar-refractivity contribution < 1.29 is 9.53 Å². The fraction of sp³-hybridized carbons (Fsp3) is 0.273. The van der Waals surface area contributed by atoms with Crippen LogP contribution in [0.1, 0.15) is 41.2 Å². The van der Waals surface area contributed by atoms with Crippen LogP contribution in [-0.2, 0) is 17.8 Å². The lowest BCUT2D eigenvalue weighted by Gasteiger charge is -2.17. The summed E-state index contributed by atoms with van der Waals surface area (Å²) in [7, 11) is 0. The van der Waals surface area contributed by atoms with Gasteiger partial charge >= 0.3 is 0 Å². The van der Waals surface area contributed by atoms with Crippen molar-refractivity contribution in [2.75, 3.05) is 0 Å². The smallest absolute Gasteiger partial charge is 0.226 e. The molecule has 4 nitrogen and oxygen atoms in total. The van der Waals surface area contributed by atoms with Gasteiger partial charge in [0.15, 0.2) is 0 Å². The summed E-state index contributed by atoms with van der Waals surface area (Å²) in [6.45, 7) is 4.47. The molecule has 0 radical (unpaired) electrons. The largest absolute Gasteiger partial charge is 0.486 e. The molecule has 0 spiro atoms. The Morgan fingerprint density at radius 3 is 2.75 bits per heavy atom. The Labute approximate surface area is 174 Å². The van der Waals surface area contributed by atoms with Crippen LogP contribution in [0, 0.1) is 6.92 Å². The Hall–Kier alpha value is -2.37. The van der Waals surface area contributed by atoms with Crippen molar-refractivity contribution >= 4 is 28.8 Å². The van der Waals surface area contributed by atoms with Crippen molar-refractivity contribution in [3.05, 3.63) is 80.8 Å². The average molecular weight is 415 g/mol. The topological polar surface area (TPSA) is 51.2 Å². The van der Waals surface area contributed by atoms with Gasteiger partial charge in [-0.1, -0.05) is 48.4 Å². The second kappa shape index (κ2) is 9.71. The van der Waals surface area contributed by atoms with E-state index in [-0.39, 0.29) is 18.4 Å². The highest BCUT2D eigenvalue weighted by Gasteiger charge is 2.15. The molecule has 1 aromatic heterocycles. The molecule has 0 aliphatic carbocycles. The predicted molar refractivity (Wildman–Crippen MR) is 114 cm³/mol. The first-order chi connectivity index (χ1) is 13.5. The van der Waals surface area contributed by atoms with Gasteiger partial charge in [-0.05, 0) is 43.2 Å². The molecule has 0 unspecified atom stereocenters. The number of halogens is 1. The minimum absolute atomic E-state index is 0.0527. The number of carbonyl (C=O) groups excluding carboxylic acids is 1. The number of carbonyl (C=O) groups is 1. The fourth-order valence-electron chi connectivity index (χ4n) is 2.83. The third-order valence-corrected chi connectivity index (χ3v) is 5.43. The third-order valence-electron chi connectivity index (χ3n) is 4.32. The highest BCUT2D eigenvalue weighted by Crippen LogP contribution is 2.21. The highest BCUT2D eigenvalue weighted by molar-refractivity contribution is 7.09. The molecule has 1 heterocycles. The first kappa shape index (κ1) is 20.4. The molecule has 6 heteroatoms. The molecule has 0 saturated carbocycles. The number of benzene rings is 2. The van der Waals surface area contributed by atoms with Gasteiger partial charge in [-0.25, -0.2) is 4.98 Å². The van der Waals surface area contributed by atoms with Gasteiger partial charge in [0, 0.05) is 10.4 Å². The van der Waals surface area contributed by atoms with E-state index < -0.39 is 0 Å². The van der Waals surface area contributed by atoms with E-state index in [4.69, 9.17) is 16.3 Å². The molecule has 1 amide bonds. The molecule has 0 aliphatic rings. The van der Waals surface area contributed by atoms with Crippen LogP contribution >= 0.6 is 22.9 Å². The number of nitrogens with one attached hydrogen (secondary N) is 1. The molecule has 1 N–H and O–H groups in total. The van der Waals surface area contributed by atoms with Gasteiger partial charge in [0.1, 0.15) is 17.4 Å². The van der Waals surface area contributed by atoms with Crippen LogP contribution in [-0.4, -0.2) is 10.9 Å². The Kier molecular flexibility index (Phi) is 7.06. The molecular formula is C22H23ClN2O2S. The molecule has 0 aliphatic heterocycles. The normalized spacial score (nSPS) is 11.8. The third kappa shape index (κ3) is 5.81. The molecule has 28 heavy (non-hydrogen) atoms. The van der Waals surface area contributed by atoms with Gasteiger partial charge < -0.3 is 10.1 Å². The van der Waals surface area contributed by atoms with E-state index in [0.717, 1.165) is 28.4 Å². The minimum atomic E-state index is -0.0609. The number of aromatic nitrogens is 1. The highest BCUT2D eigenvalue weighted by atomic mass is 35.5. The monoisotopic (exact) mass is 414 g/mol. The Morgan fingerprint density at radius 1 is 1.25 bits per heavy atom. The van der Waals surface area contributed by atoms with Crippen LogP contribution in [0.3, 0.4) is 0 Å². The van der Waals surface area contributed by atoms with Gasteiger partial charge in [0.25, 0.3) is 0 Å². The Bertz CT molecular complexity index is 924. The molecule has 146 valence electrons. The number of amides is 1. The zero-order valence-corrected chi connectivity index (χ0v) is 17.5. The molecule has 2 aromatic carbocycles. The first-order valence-electron chi connectivity index (χ1n) is 9.21. The lowest BCUT2D eigenvalue weighted by atomic mass is 10.0. The van der Waals surface area contributed by atoms with Crippen molar-refractivity contribution in [2.24, 2.45) is 0 Å². The van der Waals surface area contributed by atoms with Crippen molar-refractivity contribution in [3.8, 4) is 5.75 Å². The van der Waals surface area contributed by atoms with Crippen LogP contribution in [0.4, 0.5) is 0 Å². The number of hydrogen-bond donors (Lipinski definition) is 1. The summed E-state index contributed by atoms with van der Waals surface area (Å²) in [5.74, 6) is 0.760. The number of aryl methyl sites for hydroxylation is 1. The average Bonchev–Trinajstić information content (AvgIpc) is 3.13. The van der Waals surface area contributed by atoms with Crippen molar-refractivity contribution in [1.82, 2.24) is 10.3 Å². The van der Waals surface area contributed by atoms with Gasteiger partial charge in [-0.2, -0.15) is 0 Å². The van der Waals surface area contributed by atoms with Crippen molar-refractivity contribution in [3.63, 3.8) is 0 Å². The lowest BCUT2D eigenvalue weighted by molar-refractivity contribution is -0.121. The number of hydrogen-bond acceptors (Lipinski definition) is 4. The predicted octanol–water partition coefficient (Wildman–Crippen LogP) is 5.49. The summed E-state index contributed by atoms with van der Waals surface area (Å²) in [6.07, 6.45) is 1.04. The lowest BCUT2D eigenvalue weighted by Crippen LogP contribution is -2.29. The summed E-state index contributed by atoms with van der Waals surface area (Å²) in [5, 5.41) is 6.50. The SMILES string of the molecule is CC[C@@H](NC(=O)Cc1csc(COc2ccc(C)cc2)n1)c1cccc(Cl)c1. The van der Waals surface area contributed by atoms with Gasteiger partial charge in [-0.15, -0.1) is 11.3 Å². The standard InChI is InChI=1S/C22H23ClN2O2S/c1-3-20(16-5-4-6-17(23)11-16)25-21(26)12-18-14-28-22(24-18)13-27-19-9-7-15(2)8-10-19/h4-11,14,20H,3,12-13H2,1-2H3,(H,25,26)/t20-/m1/s1. The zero-order valence-electron chi connectivity index (χ0n) is 15.9. The van der Waals surface area contributed by atoms with Crippen molar-refractivity contribution in [1.29, 1.82) is 0 Å². The first-order valence-corrected chi connectivity index (χ1v) is 10.5. The van der Waals surface area contributed by atoms with Crippen LogP contribution in [0.5, 0.6) is 5.75 Å². The summed E-state index contributed by atoms with van der Waals surface area (Å²) in [6, 6.07) is 15.4. The van der Waals surface area contributed by atoms with Crippen LogP contribution in [0.25, 0.3) is 0 Å². The number of ether oxygens (including phenoxy) is 1. The maximum atomic E-state index is 12.4. The van der Waals surface area contributed by atoms with Gasteiger partial charge in [0.2, 0.25) is 5.91 Å². The Balaban J connectivity index is 1.53. The second-order valence-electron chi connectivity index (χ2n) is 6.59. The van der Waals surface area contributed by atoms with E-state index >= 15 is 0 Å².